The first kappa shape index (κ1) is 22.0. The zero-order valence-electron chi connectivity index (χ0n) is 13.3. The number of benzene rings is 1. The van der Waals surface area contributed by atoms with Gasteiger partial charge in [-0.05, 0) is 85.0 Å². The highest BCUT2D eigenvalue weighted by Gasteiger charge is 2.33. The van der Waals surface area contributed by atoms with E-state index in [-0.39, 0.29) is 6.61 Å². The van der Waals surface area contributed by atoms with Crippen molar-refractivity contribution in [2.75, 3.05) is 6.61 Å². The normalized spacial score (nSPS) is 12.4. The first-order valence-corrected chi connectivity index (χ1v) is 10.3. The summed E-state index contributed by atoms with van der Waals surface area (Å²) in [6.07, 6.45) is 3.38. The van der Waals surface area contributed by atoms with Crippen LogP contribution in [0.1, 0.15) is 30.9 Å². The molecule has 7 heteroatoms. The first-order valence-electron chi connectivity index (χ1n) is 7.06. The molecule has 0 fully saturated rings. The van der Waals surface area contributed by atoms with Crippen molar-refractivity contribution in [3.8, 4) is 0 Å². The third kappa shape index (κ3) is 5.23. The molecule has 0 saturated carbocycles. The monoisotopic (exact) mass is 666 g/mol. The summed E-state index contributed by atoms with van der Waals surface area (Å²) in [7, 11) is 0. The number of ether oxygens (including phenoxy) is 1. The molecule has 0 amide bonds. The van der Waals surface area contributed by atoms with Crippen molar-refractivity contribution in [2.45, 2.75) is 26.2 Å². The fourth-order valence-electron chi connectivity index (χ4n) is 2.14. The van der Waals surface area contributed by atoms with E-state index in [1.54, 1.807) is 13.8 Å². The quantitative estimate of drug-likeness (QED) is 0.137. The molecule has 1 aromatic carbocycles. The second-order valence-corrected chi connectivity index (χ2v) is 9.05. The Hall–Kier alpha value is -0.0400. The van der Waals surface area contributed by atoms with E-state index in [0.29, 0.717) is 6.42 Å². The van der Waals surface area contributed by atoms with E-state index in [4.69, 9.17) is 4.74 Å². The molecule has 0 aliphatic heterocycles. The molecule has 24 heavy (non-hydrogen) atoms. The largest absolute Gasteiger partial charge is 0.462 e. The maximum absolute atomic E-state index is 11.6. The number of hydrogen-bond donors (Lipinski definition) is 0. The van der Waals surface area contributed by atoms with Gasteiger partial charge in [0.15, 0.2) is 0 Å². The summed E-state index contributed by atoms with van der Waals surface area (Å²) in [4.78, 5) is 34.1. The summed E-state index contributed by atoms with van der Waals surface area (Å²) in [5.41, 5.74) is 1.15. The molecule has 0 aliphatic rings. The van der Waals surface area contributed by atoms with Crippen molar-refractivity contribution in [3.63, 3.8) is 0 Å². The molecule has 130 valence electrons. The summed E-state index contributed by atoms with van der Waals surface area (Å²) in [6, 6.07) is 1.94. The second-order valence-electron chi connectivity index (χ2n) is 5.73. The van der Waals surface area contributed by atoms with Crippen molar-refractivity contribution in [3.05, 3.63) is 40.6 Å². The van der Waals surface area contributed by atoms with E-state index in [0.717, 1.165) is 40.5 Å². The molecule has 0 spiro atoms. The smallest absolute Gasteiger partial charge is 0.330 e. The summed E-state index contributed by atoms with van der Waals surface area (Å²) >= 11 is 6.65. The van der Waals surface area contributed by atoms with Gasteiger partial charge in [-0.1, -0.05) is 20.4 Å². The van der Waals surface area contributed by atoms with Crippen LogP contribution in [0.2, 0.25) is 0 Å². The first-order chi connectivity index (χ1) is 11.2. The molecule has 1 atom stereocenters. The van der Waals surface area contributed by atoms with E-state index in [2.05, 4.69) is 74.4 Å². The fraction of sp³-hybridized carbons (Fsp3) is 0.353. The molecule has 1 aromatic rings. The van der Waals surface area contributed by atoms with Crippen molar-refractivity contribution in [2.24, 2.45) is 5.41 Å². The molecule has 0 heterocycles. The topological polar surface area (TPSA) is 60.4 Å². The van der Waals surface area contributed by atoms with E-state index < -0.39 is 17.3 Å². The molecule has 4 nitrogen and oxygen atoms in total. The van der Waals surface area contributed by atoms with E-state index in [1.807, 2.05) is 6.07 Å². The Labute approximate surface area is 182 Å². The lowest BCUT2D eigenvalue weighted by molar-refractivity contribution is -0.137. The molecule has 0 aromatic heterocycles. The van der Waals surface area contributed by atoms with Crippen LogP contribution in [0, 0.1) is 16.1 Å². The molecule has 1 rings (SSSR count). The summed E-state index contributed by atoms with van der Waals surface area (Å²) in [6.45, 7) is 7.16. The highest BCUT2D eigenvalue weighted by Crippen LogP contribution is 2.38. The lowest BCUT2D eigenvalue weighted by Gasteiger charge is -2.27. The number of aldehydes is 2. The highest BCUT2D eigenvalue weighted by atomic mass is 127. The number of carbonyl (C=O) groups excluding carboxylic acids is 3. The van der Waals surface area contributed by atoms with Crippen molar-refractivity contribution >= 4 is 86.3 Å². The minimum atomic E-state index is -0.769. The molecule has 0 saturated heterocycles. The van der Waals surface area contributed by atoms with Gasteiger partial charge in [0.05, 0.1) is 12.5 Å². The van der Waals surface area contributed by atoms with Crippen LogP contribution < -0.4 is 0 Å². The van der Waals surface area contributed by atoms with Crippen LogP contribution in [0.25, 0.3) is 0 Å². The number of esters is 1. The Balaban J connectivity index is 3.21. The zero-order valence-corrected chi connectivity index (χ0v) is 19.7. The Bertz CT molecular complexity index is 668. The van der Waals surface area contributed by atoms with Gasteiger partial charge in [0, 0.05) is 28.6 Å². The van der Waals surface area contributed by atoms with Crippen LogP contribution in [-0.4, -0.2) is 25.1 Å². The zero-order chi connectivity index (χ0) is 18.5. The van der Waals surface area contributed by atoms with E-state index >= 15 is 0 Å². The molecule has 1 unspecified atom stereocenters. The van der Waals surface area contributed by atoms with E-state index in [9.17, 15) is 14.4 Å². The van der Waals surface area contributed by atoms with E-state index in [1.165, 1.54) is 0 Å². The third-order valence-electron chi connectivity index (χ3n) is 3.62. The predicted molar refractivity (Wildman–Crippen MR) is 118 cm³/mol. The van der Waals surface area contributed by atoms with Gasteiger partial charge in [0.1, 0.15) is 12.6 Å². The van der Waals surface area contributed by atoms with Crippen LogP contribution in [0.5, 0.6) is 0 Å². The number of hydrogen-bond acceptors (Lipinski definition) is 4. The van der Waals surface area contributed by atoms with Gasteiger partial charge in [-0.2, -0.15) is 0 Å². The van der Waals surface area contributed by atoms with Gasteiger partial charge < -0.3 is 14.3 Å². The lowest BCUT2D eigenvalue weighted by Crippen LogP contribution is -2.26. The van der Waals surface area contributed by atoms with Gasteiger partial charge in [0.2, 0.25) is 0 Å². The van der Waals surface area contributed by atoms with Crippen molar-refractivity contribution in [1.29, 1.82) is 0 Å². The van der Waals surface area contributed by atoms with Crippen LogP contribution in [0.3, 0.4) is 0 Å². The average molecular weight is 666 g/mol. The Morgan fingerprint density at radius 2 is 1.92 bits per heavy atom. The maximum Gasteiger partial charge on any atom is 0.330 e. The minimum Gasteiger partial charge on any atom is -0.462 e. The Morgan fingerprint density at radius 1 is 1.29 bits per heavy atom. The molecule has 0 N–H and O–H groups in total. The molecular weight excluding hydrogens is 649 g/mol. The van der Waals surface area contributed by atoms with Crippen LogP contribution in [0.15, 0.2) is 18.7 Å². The Kier molecular flexibility index (Phi) is 8.80. The van der Waals surface area contributed by atoms with Crippen LogP contribution in [-0.2, 0) is 25.5 Å². The maximum atomic E-state index is 11.6. The number of carbonyl (C=O) groups is 3. The molecule has 0 radical (unpaired) electrons. The standard InChI is InChI=1S/C17H17I3O4/c1-4-14(23)24-6-5-10-13(18)7-11(16(20)15(10)19)12(8-21)17(2,3)9-22/h4,7-9,12H,1,5-6H2,2-3H3. The fourth-order valence-corrected chi connectivity index (χ4v) is 5.22. The highest BCUT2D eigenvalue weighted by molar-refractivity contribution is 14.1. The SMILES string of the molecule is C=CC(=O)OCCc1c(I)cc(C(C=O)C(C)(C)C=O)c(I)c1I. The number of halogens is 3. The van der Waals surface area contributed by atoms with Gasteiger partial charge in [-0.3, -0.25) is 0 Å². The average Bonchev–Trinajstić information content (AvgIpc) is 2.55. The van der Waals surface area contributed by atoms with Crippen LogP contribution >= 0.6 is 67.8 Å². The second kappa shape index (κ2) is 9.60. The lowest BCUT2D eigenvalue weighted by atomic mass is 9.77. The van der Waals surface area contributed by atoms with Crippen molar-refractivity contribution in [1.82, 2.24) is 0 Å². The molecule has 0 aliphatic carbocycles. The van der Waals surface area contributed by atoms with Gasteiger partial charge in [-0.25, -0.2) is 4.79 Å². The minimum absolute atomic E-state index is 0.267. The Morgan fingerprint density at radius 3 is 2.42 bits per heavy atom. The molecular formula is C17H17I3O4. The number of rotatable bonds is 8. The summed E-state index contributed by atoms with van der Waals surface area (Å²) in [5, 5.41) is 0. The van der Waals surface area contributed by atoms with Gasteiger partial charge >= 0.3 is 5.97 Å². The summed E-state index contributed by atoms with van der Waals surface area (Å²) < 4.78 is 7.99. The summed E-state index contributed by atoms with van der Waals surface area (Å²) in [5.74, 6) is -0.948. The van der Waals surface area contributed by atoms with Gasteiger partial charge in [0.25, 0.3) is 0 Å². The molecule has 0 bridgehead atoms. The predicted octanol–water partition coefficient (Wildman–Crippen LogP) is 4.28. The van der Waals surface area contributed by atoms with Gasteiger partial charge in [-0.15, -0.1) is 0 Å². The third-order valence-corrected chi connectivity index (χ3v) is 7.97. The van der Waals surface area contributed by atoms with Crippen LogP contribution in [0.4, 0.5) is 0 Å². The van der Waals surface area contributed by atoms with Crippen molar-refractivity contribution < 1.29 is 19.1 Å².